The van der Waals surface area contributed by atoms with Crippen molar-refractivity contribution in [2.24, 2.45) is 0 Å². The second-order valence-electron chi connectivity index (χ2n) is 6.17. The van der Waals surface area contributed by atoms with Crippen molar-refractivity contribution in [1.29, 1.82) is 0 Å². The van der Waals surface area contributed by atoms with E-state index in [9.17, 15) is 0 Å². The summed E-state index contributed by atoms with van der Waals surface area (Å²) in [5, 5.41) is 9.18. The van der Waals surface area contributed by atoms with Gasteiger partial charge in [-0.15, -0.1) is 0 Å². The van der Waals surface area contributed by atoms with Crippen molar-refractivity contribution in [3.05, 3.63) is 58.2 Å². The van der Waals surface area contributed by atoms with E-state index in [-0.39, 0.29) is 0 Å². The number of halogens is 2. The molecular formula is C19H19Cl2N5. The van der Waals surface area contributed by atoms with Crippen LogP contribution in [0.3, 0.4) is 0 Å². The molecule has 7 heteroatoms. The molecule has 0 aliphatic carbocycles. The number of nitrogens with zero attached hydrogens (tertiary/aromatic N) is 1. The third-order valence-corrected chi connectivity index (χ3v) is 4.95. The van der Waals surface area contributed by atoms with E-state index in [2.05, 4.69) is 25.6 Å². The molecule has 5 nitrogen and oxygen atoms in total. The fourth-order valence-electron chi connectivity index (χ4n) is 2.98. The Morgan fingerprint density at radius 1 is 0.962 bits per heavy atom. The molecule has 0 saturated carbocycles. The van der Waals surface area contributed by atoms with E-state index in [1.165, 1.54) is 0 Å². The Morgan fingerprint density at radius 3 is 2.73 bits per heavy atom. The molecule has 26 heavy (non-hydrogen) atoms. The topological polar surface area (TPSA) is 68.5 Å². The first-order chi connectivity index (χ1) is 12.7. The third kappa shape index (κ3) is 3.65. The maximum absolute atomic E-state index is 6.43. The maximum Gasteiger partial charge on any atom is 0.201 e. The zero-order valence-corrected chi connectivity index (χ0v) is 15.6. The molecule has 134 valence electrons. The Balaban J connectivity index is 1.24. The molecule has 0 fully saturated rings. The highest BCUT2D eigenvalue weighted by Gasteiger charge is 2.09. The van der Waals surface area contributed by atoms with E-state index in [0.29, 0.717) is 11.6 Å². The molecule has 2 aromatic carbocycles. The number of H-pyrrole nitrogens is 2. The SMILES string of the molecule is Clc1ccc2c(Cl)c(CNCCCNc3nc4ccccc4[nH]3)[nH]c2c1. The molecule has 4 N–H and O–H groups in total. The zero-order chi connectivity index (χ0) is 17.9. The number of para-hydroxylation sites is 2. The molecule has 0 bridgehead atoms. The van der Waals surface area contributed by atoms with Crippen molar-refractivity contribution in [1.82, 2.24) is 20.3 Å². The molecule has 0 atom stereocenters. The van der Waals surface area contributed by atoms with Crippen LogP contribution in [0.25, 0.3) is 21.9 Å². The van der Waals surface area contributed by atoms with Crippen LogP contribution in [0.1, 0.15) is 12.1 Å². The third-order valence-electron chi connectivity index (χ3n) is 4.28. The number of imidazole rings is 1. The van der Waals surface area contributed by atoms with E-state index in [1.54, 1.807) is 0 Å². The van der Waals surface area contributed by atoms with Crippen molar-refractivity contribution in [3.8, 4) is 0 Å². The van der Waals surface area contributed by atoms with Gasteiger partial charge in [0.2, 0.25) is 5.95 Å². The Hall–Kier alpha value is -2.21. The van der Waals surface area contributed by atoms with Crippen LogP contribution in [0.5, 0.6) is 0 Å². The molecule has 0 amide bonds. The molecule has 2 heterocycles. The summed E-state index contributed by atoms with van der Waals surface area (Å²) in [6, 6.07) is 13.7. The number of nitrogens with one attached hydrogen (secondary N) is 4. The van der Waals surface area contributed by atoms with Crippen LogP contribution in [-0.2, 0) is 6.54 Å². The molecule has 0 radical (unpaired) electrons. The van der Waals surface area contributed by atoms with Gasteiger partial charge in [0.05, 0.1) is 16.1 Å². The van der Waals surface area contributed by atoms with Gasteiger partial charge < -0.3 is 20.6 Å². The molecule has 0 saturated heterocycles. The second-order valence-corrected chi connectivity index (χ2v) is 6.98. The van der Waals surface area contributed by atoms with E-state index < -0.39 is 0 Å². The van der Waals surface area contributed by atoms with Crippen LogP contribution in [0.4, 0.5) is 5.95 Å². The number of hydrogen-bond donors (Lipinski definition) is 4. The lowest BCUT2D eigenvalue weighted by molar-refractivity contribution is 0.655. The van der Waals surface area contributed by atoms with Crippen LogP contribution in [0, 0.1) is 0 Å². The number of rotatable bonds is 7. The van der Waals surface area contributed by atoms with Crippen molar-refractivity contribution in [3.63, 3.8) is 0 Å². The largest absolute Gasteiger partial charge is 0.356 e. The number of anilines is 1. The molecule has 2 aromatic heterocycles. The van der Waals surface area contributed by atoms with Gasteiger partial charge >= 0.3 is 0 Å². The number of benzene rings is 2. The highest BCUT2D eigenvalue weighted by atomic mass is 35.5. The Labute approximate surface area is 161 Å². The monoisotopic (exact) mass is 387 g/mol. The molecule has 4 aromatic rings. The number of aromatic nitrogens is 3. The van der Waals surface area contributed by atoms with Gasteiger partial charge in [-0.05, 0) is 43.3 Å². The summed E-state index contributed by atoms with van der Waals surface area (Å²) in [6.45, 7) is 2.40. The molecule has 0 spiro atoms. The normalized spacial score (nSPS) is 11.5. The molecule has 0 aliphatic heterocycles. The Bertz CT molecular complexity index is 1000. The van der Waals surface area contributed by atoms with Gasteiger partial charge in [0.25, 0.3) is 0 Å². The summed E-state index contributed by atoms with van der Waals surface area (Å²) in [6.07, 6.45) is 0.973. The minimum Gasteiger partial charge on any atom is -0.356 e. The van der Waals surface area contributed by atoms with E-state index in [0.717, 1.165) is 58.1 Å². The van der Waals surface area contributed by atoms with Crippen LogP contribution in [-0.4, -0.2) is 28.0 Å². The first-order valence-corrected chi connectivity index (χ1v) is 9.31. The number of aromatic amines is 2. The van der Waals surface area contributed by atoms with Gasteiger partial charge in [-0.2, -0.15) is 0 Å². The minimum absolute atomic E-state index is 0.690. The highest BCUT2D eigenvalue weighted by molar-refractivity contribution is 6.37. The lowest BCUT2D eigenvalue weighted by Gasteiger charge is -2.05. The minimum atomic E-state index is 0.690. The molecular weight excluding hydrogens is 369 g/mol. The Morgan fingerprint density at radius 2 is 1.85 bits per heavy atom. The first kappa shape index (κ1) is 17.2. The standard InChI is InChI=1S/C19H19Cl2N5/c20-12-6-7-13-16(10-12)24-17(18(13)21)11-22-8-3-9-23-19-25-14-4-1-2-5-15(14)26-19/h1-2,4-7,10,22,24H,3,8-9,11H2,(H2,23,25,26). The first-order valence-electron chi connectivity index (χ1n) is 8.55. The van der Waals surface area contributed by atoms with Gasteiger partial charge in [-0.25, -0.2) is 4.98 Å². The van der Waals surface area contributed by atoms with Crippen LogP contribution < -0.4 is 10.6 Å². The summed E-state index contributed by atoms with van der Waals surface area (Å²) in [4.78, 5) is 11.1. The molecule has 4 rings (SSSR count). The predicted molar refractivity (Wildman–Crippen MR) is 109 cm³/mol. The fraction of sp³-hybridized carbons (Fsp3) is 0.211. The van der Waals surface area contributed by atoms with Crippen LogP contribution >= 0.6 is 23.2 Å². The summed E-state index contributed by atoms with van der Waals surface area (Å²) in [7, 11) is 0. The van der Waals surface area contributed by atoms with Gasteiger partial charge in [0.15, 0.2) is 0 Å². The summed E-state index contributed by atoms with van der Waals surface area (Å²) in [5.74, 6) is 0.807. The Kier molecular flexibility index (Phi) is 5.02. The lowest BCUT2D eigenvalue weighted by atomic mass is 10.2. The molecule has 0 aliphatic rings. The van der Waals surface area contributed by atoms with Crippen molar-refractivity contribution < 1.29 is 0 Å². The average Bonchev–Trinajstić information content (AvgIpc) is 3.18. The quantitative estimate of drug-likeness (QED) is 0.339. The van der Waals surface area contributed by atoms with E-state index in [4.69, 9.17) is 23.2 Å². The smallest absolute Gasteiger partial charge is 0.201 e. The molecule has 0 unspecified atom stereocenters. The lowest BCUT2D eigenvalue weighted by Crippen LogP contribution is -2.18. The fourth-order valence-corrected chi connectivity index (χ4v) is 3.43. The van der Waals surface area contributed by atoms with Crippen molar-refractivity contribution in [2.75, 3.05) is 18.4 Å². The second kappa shape index (κ2) is 7.58. The van der Waals surface area contributed by atoms with Gasteiger partial charge in [-0.3, -0.25) is 0 Å². The highest BCUT2D eigenvalue weighted by Crippen LogP contribution is 2.29. The van der Waals surface area contributed by atoms with Gasteiger partial charge in [0, 0.05) is 34.7 Å². The summed E-state index contributed by atoms with van der Waals surface area (Å²) >= 11 is 12.5. The van der Waals surface area contributed by atoms with Crippen LogP contribution in [0.2, 0.25) is 10.0 Å². The maximum atomic E-state index is 6.43. The number of fused-ring (bicyclic) bond motifs is 2. The van der Waals surface area contributed by atoms with Gasteiger partial charge in [0.1, 0.15) is 0 Å². The zero-order valence-electron chi connectivity index (χ0n) is 14.1. The van der Waals surface area contributed by atoms with Crippen LogP contribution in [0.15, 0.2) is 42.5 Å². The summed E-state index contributed by atoms with van der Waals surface area (Å²) < 4.78 is 0. The van der Waals surface area contributed by atoms with Crippen molar-refractivity contribution >= 4 is 51.1 Å². The summed E-state index contributed by atoms with van der Waals surface area (Å²) in [5.41, 5.74) is 3.96. The van der Waals surface area contributed by atoms with Crippen molar-refractivity contribution in [2.45, 2.75) is 13.0 Å². The van der Waals surface area contributed by atoms with E-state index >= 15 is 0 Å². The number of hydrogen-bond acceptors (Lipinski definition) is 3. The van der Waals surface area contributed by atoms with E-state index in [1.807, 2.05) is 42.5 Å². The predicted octanol–water partition coefficient (Wildman–Crippen LogP) is 4.94. The van der Waals surface area contributed by atoms with Gasteiger partial charge in [-0.1, -0.05) is 35.3 Å². The average molecular weight is 388 g/mol.